The second-order valence-corrected chi connectivity index (χ2v) is 8.21. The van der Waals surface area contributed by atoms with Gasteiger partial charge in [-0.15, -0.1) is 0 Å². The number of hydrogen-bond donors (Lipinski definition) is 1. The Labute approximate surface area is 134 Å². The van der Waals surface area contributed by atoms with Crippen LogP contribution in [0.25, 0.3) is 0 Å². The van der Waals surface area contributed by atoms with E-state index in [4.69, 9.17) is 16.9 Å². The highest BCUT2D eigenvalue weighted by molar-refractivity contribution is 7.99. The first kappa shape index (κ1) is 16.6. The van der Waals surface area contributed by atoms with Crippen molar-refractivity contribution in [1.29, 1.82) is 5.26 Å². The maximum absolute atomic E-state index is 12.5. The highest BCUT2D eigenvalue weighted by Crippen LogP contribution is 2.29. The van der Waals surface area contributed by atoms with Crippen LogP contribution in [0.2, 0.25) is 5.02 Å². The van der Waals surface area contributed by atoms with Crippen molar-refractivity contribution in [1.82, 2.24) is 4.72 Å². The van der Waals surface area contributed by atoms with Gasteiger partial charge in [0.25, 0.3) is 0 Å². The van der Waals surface area contributed by atoms with Gasteiger partial charge < -0.3 is 0 Å². The van der Waals surface area contributed by atoms with Gasteiger partial charge in [-0.1, -0.05) is 24.4 Å². The van der Waals surface area contributed by atoms with E-state index in [1.54, 1.807) is 11.8 Å². The summed E-state index contributed by atoms with van der Waals surface area (Å²) < 4.78 is 27.8. The molecular formula is C14H17ClN2O2S2. The Morgan fingerprint density at radius 1 is 1.38 bits per heavy atom. The molecule has 0 radical (unpaired) electrons. The minimum Gasteiger partial charge on any atom is -0.207 e. The number of nitrogens with zero attached hydrogens (tertiary/aromatic N) is 1. The minimum absolute atomic E-state index is 0.0198. The van der Waals surface area contributed by atoms with Crippen molar-refractivity contribution >= 4 is 33.4 Å². The zero-order valence-electron chi connectivity index (χ0n) is 11.7. The maximum Gasteiger partial charge on any atom is 0.242 e. The summed E-state index contributed by atoms with van der Waals surface area (Å²) >= 11 is 7.68. The van der Waals surface area contributed by atoms with Gasteiger partial charge in [0.2, 0.25) is 10.0 Å². The van der Waals surface area contributed by atoms with Crippen LogP contribution in [0.3, 0.4) is 0 Å². The average Bonchev–Trinajstić information content (AvgIpc) is 2.47. The van der Waals surface area contributed by atoms with Gasteiger partial charge in [-0.25, -0.2) is 13.1 Å². The normalized spacial score (nSPS) is 22.7. The van der Waals surface area contributed by atoms with Gasteiger partial charge in [-0.2, -0.15) is 17.0 Å². The molecule has 0 aromatic heterocycles. The number of hydrogen-bond acceptors (Lipinski definition) is 4. The van der Waals surface area contributed by atoms with E-state index in [0.717, 1.165) is 25.7 Å². The molecule has 0 aliphatic heterocycles. The Hall–Kier alpha value is -0.740. The smallest absolute Gasteiger partial charge is 0.207 e. The topological polar surface area (TPSA) is 70.0 Å². The van der Waals surface area contributed by atoms with Crippen LogP contribution in [-0.2, 0) is 10.0 Å². The third kappa shape index (κ3) is 3.92. The van der Waals surface area contributed by atoms with E-state index in [1.165, 1.54) is 18.2 Å². The lowest BCUT2D eigenvalue weighted by atomic mass is 9.96. The lowest BCUT2D eigenvalue weighted by molar-refractivity contribution is 0.423. The first-order chi connectivity index (χ1) is 9.97. The summed E-state index contributed by atoms with van der Waals surface area (Å²) in [4.78, 5) is -0.0198. The molecule has 1 fully saturated rings. The summed E-state index contributed by atoms with van der Waals surface area (Å²) in [7, 11) is -3.71. The van der Waals surface area contributed by atoms with Crippen molar-refractivity contribution in [2.45, 2.75) is 41.9 Å². The fourth-order valence-corrected chi connectivity index (χ4v) is 5.41. The second-order valence-electron chi connectivity index (χ2n) is 5.04. The Morgan fingerprint density at radius 2 is 2.10 bits per heavy atom. The minimum atomic E-state index is -3.71. The molecule has 1 aromatic carbocycles. The van der Waals surface area contributed by atoms with Gasteiger partial charge in [-0.3, -0.25) is 0 Å². The highest BCUT2D eigenvalue weighted by Gasteiger charge is 2.30. The van der Waals surface area contributed by atoms with Crippen molar-refractivity contribution in [3.63, 3.8) is 0 Å². The van der Waals surface area contributed by atoms with E-state index in [2.05, 4.69) is 4.72 Å². The molecule has 0 bridgehead atoms. The number of rotatable bonds is 4. The molecule has 4 nitrogen and oxygen atoms in total. The van der Waals surface area contributed by atoms with Crippen LogP contribution < -0.4 is 4.72 Å². The van der Waals surface area contributed by atoms with Crippen molar-refractivity contribution in [3.05, 3.63) is 28.8 Å². The van der Waals surface area contributed by atoms with Crippen LogP contribution in [0, 0.1) is 11.3 Å². The SMILES string of the molecule is CSC1CCCCC1NS(=O)(=O)c1cc(C#N)ccc1Cl. The van der Waals surface area contributed by atoms with E-state index in [-0.39, 0.29) is 26.8 Å². The monoisotopic (exact) mass is 344 g/mol. The van der Waals surface area contributed by atoms with Crippen LogP contribution in [0.1, 0.15) is 31.2 Å². The van der Waals surface area contributed by atoms with Crippen molar-refractivity contribution in [2.24, 2.45) is 0 Å². The van der Waals surface area contributed by atoms with E-state index in [1.807, 2.05) is 12.3 Å². The summed E-state index contributed by atoms with van der Waals surface area (Å²) in [6, 6.07) is 6.13. The van der Waals surface area contributed by atoms with Gasteiger partial charge in [0.15, 0.2) is 0 Å². The van der Waals surface area contributed by atoms with Crippen molar-refractivity contribution in [3.8, 4) is 6.07 Å². The van der Waals surface area contributed by atoms with Gasteiger partial charge in [-0.05, 0) is 37.3 Å². The highest BCUT2D eigenvalue weighted by atomic mass is 35.5. The zero-order valence-corrected chi connectivity index (χ0v) is 14.1. The second kappa shape index (κ2) is 7.01. The fourth-order valence-electron chi connectivity index (χ4n) is 2.56. The van der Waals surface area contributed by atoms with Gasteiger partial charge in [0, 0.05) is 11.3 Å². The average molecular weight is 345 g/mol. The Bertz CT molecular complexity index is 655. The van der Waals surface area contributed by atoms with Crippen LogP contribution >= 0.6 is 23.4 Å². The maximum atomic E-state index is 12.5. The molecule has 2 unspecified atom stereocenters. The molecule has 1 aliphatic rings. The quantitative estimate of drug-likeness (QED) is 0.910. The molecule has 0 spiro atoms. The van der Waals surface area contributed by atoms with E-state index in [9.17, 15) is 8.42 Å². The van der Waals surface area contributed by atoms with Gasteiger partial charge in [0.1, 0.15) is 4.90 Å². The molecule has 2 rings (SSSR count). The molecule has 7 heteroatoms. The predicted molar refractivity (Wildman–Crippen MR) is 86.0 cm³/mol. The van der Waals surface area contributed by atoms with E-state index in [0.29, 0.717) is 0 Å². The third-order valence-corrected chi connectivity index (χ3v) is 6.80. The van der Waals surface area contributed by atoms with Crippen LogP contribution in [0.5, 0.6) is 0 Å². The molecule has 114 valence electrons. The number of sulfonamides is 1. The number of thioether (sulfide) groups is 1. The van der Waals surface area contributed by atoms with E-state index < -0.39 is 10.0 Å². The number of nitrogens with one attached hydrogen (secondary N) is 1. The van der Waals surface area contributed by atoms with Crippen LogP contribution in [0.4, 0.5) is 0 Å². The van der Waals surface area contributed by atoms with Gasteiger partial charge >= 0.3 is 0 Å². The summed E-state index contributed by atoms with van der Waals surface area (Å²) in [6.45, 7) is 0. The molecule has 1 saturated carbocycles. The molecule has 1 aliphatic carbocycles. The molecule has 1 N–H and O–H groups in total. The number of nitriles is 1. The third-order valence-electron chi connectivity index (χ3n) is 3.66. The summed E-state index contributed by atoms with van der Waals surface area (Å²) in [5, 5.41) is 9.33. The first-order valence-electron chi connectivity index (χ1n) is 6.72. The van der Waals surface area contributed by atoms with Crippen LogP contribution in [-0.4, -0.2) is 26.0 Å². The summed E-state index contributed by atoms with van der Waals surface area (Å²) in [5.74, 6) is 0. The van der Waals surface area contributed by atoms with E-state index >= 15 is 0 Å². The Kier molecular flexibility index (Phi) is 5.55. The molecule has 0 heterocycles. The van der Waals surface area contributed by atoms with Crippen molar-refractivity contribution < 1.29 is 8.42 Å². The lowest BCUT2D eigenvalue weighted by Gasteiger charge is -2.30. The molecule has 21 heavy (non-hydrogen) atoms. The summed E-state index contributed by atoms with van der Waals surface area (Å²) in [5.41, 5.74) is 0.282. The lowest BCUT2D eigenvalue weighted by Crippen LogP contribution is -2.43. The van der Waals surface area contributed by atoms with Crippen LogP contribution in [0.15, 0.2) is 23.1 Å². The van der Waals surface area contributed by atoms with Gasteiger partial charge in [0.05, 0.1) is 16.7 Å². The summed E-state index contributed by atoms with van der Waals surface area (Å²) in [6.07, 6.45) is 6.01. The first-order valence-corrected chi connectivity index (χ1v) is 9.87. The Morgan fingerprint density at radius 3 is 2.76 bits per heavy atom. The Balaban J connectivity index is 2.28. The molecule has 1 aromatic rings. The molecular weight excluding hydrogens is 328 g/mol. The molecule has 0 amide bonds. The molecule has 0 saturated heterocycles. The zero-order chi connectivity index (χ0) is 15.5. The fraction of sp³-hybridized carbons (Fsp3) is 0.500. The number of halogens is 1. The predicted octanol–water partition coefficient (Wildman–Crippen LogP) is 3.16. The largest absolute Gasteiger partial charge is 0.242 e. The standard InChI is InChI=1S/C14H17ClN2O2S2/c1-20-13-5-3-2-4-12(13)17-21(18,19)14-8-10(9-16)6-7-11(14)15/h6-8,12-13,17H,2-5H2,1H3. The van der Waals surface area contributed by atoms with Crippen molar-refractivity contribution in [2.75, 3.05) is 6.26 Å². The molecule has 2 atom stereocenters. The number of benzene rings is 1.